The molecule has 2 N–H and O–H groups in total. The number of halogens is 2. The fraction of sp³-hybridized carbons (Fsp3) is 0.333. The van der Waals surface area contributed by atoms with Gasteiger partial charge in [0.2, 0.25) is 5.91 Å². The number of aromatic nitrogens is 2. The van der Waals surface area contributed by atoms with E-state index in [9.17, 15) is 4.79 Å². The maximum absolute atomic E-state index is 11.7. The molecule has 2 aromatic rings. The molecule has 0 spiro atoms. The molecule has 0 aliphatic carbocycles. The van der Waals surface area contributed by atoms with E-state index in [0.717, 1.165) is 24.0 Å². The molecule has 21 heavy (non-hydrogen) atoms. The molecule has 0 aliphatic heterocycles. The van der Waals surface area contributed by atoms with E-state index in [1.54, 1.807) is 12.3 Å². The Morgan fingerprint density at radius 3 is 2.90 bits per heavy atom. The molecule has 0 radical (unpaired) electrons. The number of nitrogens with zero attached hydrogens (tertiary/aromatic N) is 1. The van der Waals surface area contributed by atoms with E-state index in [0.29, 0.717) is 29.4 Å². The third-order valence-electron chi connectivity index (χ3n) is 3.17. The van der Waals surface area contributed by atoms with Gasteiger partial charge in [-0.3, -0.25) is 9.89 Å². The maximum Gasteiger partial charge on any atom is 0.220 e. The summed E-state index contributed by atoms with van der Waals surface area (Å²) in [6.07, 6.45) is 6.47. The van der Waals surface area contributed by atoms with Gasteiger partial charge in [-0.25, -0.2) is 0 Å². The van der Waals surface area contributed by atoms with E-state index in [1.165, 1.54) is 0 Å². The molecule has 0 saturated heterocycles. The van der Waals surface area contributed by atoms with E-state index in [4.69, 9.17) is 23.2 Å². The van der Waals surface area contributed by atoms with Gasteiger partial charge in [-0.05, 0) is 36.5 Å². The largest absolute Gasteiger partial charge is 0.356 e. The zero-order valence-corrected chi connectivity index (χ0v) is 13.0. The summed E-state index contributed by atoms with van der Waals surface area (Å²) in [5, 5.41) is 10.6. The lowest BCUT2D eigenvalue weighted by Gasteiger charge is -2.07. The molecule has 6 heteroatoms. The van der Waals surface area contributed by atoms with Gasteiger partial charge in [0.15, 0.2) is 0 Å². The summed E-state index contributed by atoms with van der Waals surface area (Å²) in [7, 11) is 0. The highest BCUT2D eigenvalue weighted by atomic mass is 35.5. The molecule has 1 aromatic carbocycles. The molecule has 112 valence electrons. The molecule has 0 saturated carbocycles. The van der Waals surface area contributed by atoms with Crippen LogP contribution >= 0.6 is 23.2 Å². The lowest BCUT2D eigenvalue weighted by atomic mass is 10.1. The Morgan fingerprint density at radius 2 is 2.14 bits per heavy atom. The quantitative estimate of drug-likeness (QED) is 0.819. The van der Waals surface area contributed by atoms with E-state index < -0.39 is 0 Å². The lowest BCUT2D eigenvalue weighted by molar-refractivity contribution is -0.121. The zero-order valence-electron chi connectivity index (χ0n) is 11.5. The highest BCUT2D eigenvalue weighted by Gasteiger charge is 2.06. The smallest absolute Gasteiger partial charge is 0.220 e. The fourth-order valence-corrected chi connectivity index (χ4v) is 2.45. The summed E-state index contributed by atoms with van der Waals surface area (Å²) < 4.78 is 0. The summed E-state index contributed by atoms with van der Waals surface area (Å²) >= 11 is 12.0. The van der Waals surface area contributed by atoms with Crippen LogP contribution in [0.25, 0.3) is 0 Å². The minimum Gasteiger partial charge on any atom is -0.356 e. The highest BCUT2D eigenvalue weighted by Crippen LogP contribution is 2.25. The Morgan fingerprint density at radius 1 is 1.29 bits per heavy atom. The third-order valence-corrected chi connectivity index (χ3v) is 4.03. The molecular formula is C15H17Cl2N3O. The van der Waals surface area contributed by atoms with E-state index in [2.05, 4.69) is 15.5 Å². The summed E-state index contributed by atoms with van der Waals surface area (Å²) in [6, 6.07) is 5.53. The average Bonchev–Trinajstić information content (AvgIpc) is 2.97. The van der Waals surface area contributed by atoms with Crippen LogP contribution in [-0.2, 0) is 17.6 Å². The number of aromatic amines is 1. The van der Waals surface area contributed by atoms with Gasteiger partial charge in [-0.1, -0.05) is 35.3 Å². The first-order chi connectivity index (χ1) is 10.2. The van der Waals surface area contributed by atoms with Gasteiger partial charge in [0.05, 0.1) is 16.2 Å². The Bertz CT molecular complexity index is 585. The monoisotopic (exact) mass is 325 g/mol. The number of amides is 1. The second kappa shape index (κ2) is 8.05. The second-order valence-electron chi connectivity index (χ2n) is 4.77. The molecule has 1 amide bonds. The van der Waals surface area contributed by atoms with Crippen molar-refractivity contribution in [3.63, 3.8) is 0 Å². The second-order valence-corrected chi connectivity index (χ2v) is 5.56. The number of carbonyl (C=O) groups excluding carboxylic acids is 1. The van der Waals surface area contributed by atoms with Crippen LogP contribution in [0.5, 0.6) is 0 Å². The van der Waals surface area contributed by atoms with Crippen molar-refractivity contribution in [3.05, 3.63) is 51.8 Å². The van der Waals surface area contributed by atoms with Crippen LogP contribution in [0, 0.1) is 0 Å². The molecule has 1 heterocycles. The summed E-state index contributed by atoms with van der Waals surface area (Å²) in [4.78, 5) is 11.7. The van der Waals surface area contributed by atoms with Crippen LogP contribution < -0.4 is 5.32 Å². The van der Waals surface area contributed by atoms with Gasteiger partial charge in [0, 0.05) is 19.2 Å². The average molecular weight is 326 g/mol. The van der Waals surface area contributed by atoms with Gasteiger partial charge < -0.3 is 5.32 Å². The molecule has 4 nitrogen and oxygen atoms in total. The van der Waals surface area contributed by atoms with Crippen molar-refractivity contribution >= 4 is 29.1 Å². The molecule has 0 unspecified atom stereocenters. The molecule has 0 bridgehead atoms. The van der Waals surface area contributed by atoms with Crippen LogP contribution in [0.1, 0.15) is 24.0 Å². The molecule has 0 fully saturated rings. The number of rotatable bonds is 7. The minimum atomic E-state index is 0.0524. The van der Waals surface area contributed by atoms with E-state index >= 15 is 0 Å². The Hall–Kier alpha value is -1.52. The summed E-state index contributed by atoms with van der Waals surface area (Å²) in [5.41, 5.74) is 2.07. The van der Waals surface area contributed by atoms with Gasteiger partial charge in [-0.2, -0.15) is 5.10 Å². The molecule has 1 aromatic heterocycles. The van der Waals surface area contributed by atoms with Crippen molar-refractivity contribution in [1.29, 1.82) is 0 Å². The number of benzene rings is 1. The minimum absolute atomic E-state index is 0.0524. The zero-order chi connectivity index (χ0) is 15.1. The van der Waals surface area contributed by atoms with Gasteiger partial charge in [0.1, 0.15) is 0 Å². The fourth-order valence-electron chi connectivity index (χ4n) is 2.03. The Kier molecular flexibility index (Phi) is 6.08. The van der Waals surface area contributed by atoms with E-state index in [-0.39, 0.29) is 5.91 Å². The number of nitrogens with one attached hydrogen (secondary N) is 2. The van der Waals surface area contributed by atoms with Crippen LogP contribution in [0.2, 0.25) is 10.0 Å². The van der Waals surface area contributed by atoms with Crippen molar-refractivity contribution in [2.45, 2.75) is 25.7 Å². The predicted molar refractivity (Wildman–Crippen MR) is 84.7 cm³/mol. The van der Waals surface area contributed by atoms with Crippen molar-refractivity contribution in [1.82, 2.24) is 15.5 Å². The Labute approximate surface area is 133 Å². The number of hydrogen-bond donors (Lipinski definition) is 2. The maximum atomic E-state index is 11.7. The van der Waals surface area contributed by atoms with Gasteiger partial charge in [0.25, 0.3) is 0 Å². The van der Waals surface area contributed by atoms with Gasteiger partial charge >= 0.3 is 0 Å². The highest BCUT2D eigenvalue weighted by molar-refractivity contribution is 6.42. The van der Waals surface area contributed by atoms with Crippen LogP contribution in [0.3, 0.4) is 0 Å². The summed E-state index contributed by atoms with van der Waals surface area (Å²) in [5.74, 6) is 0.0524. The standard InChI is InChI=1S/C15H17Cl2N3O/c16-13-5-2-4-12(15(13)17)7-8-18-14(21)6-1-3-11-9-19-20-10-11/h2,4-5,9-10H,1,3,6-8H2,(H,18,21)(H,19,20). The van der Waals surface area contributed by atoms with E-state index in [1.807, 2.05) is 18.3 Å². The first-order valence-corrected chi connectivity index (χ1v) is 7.59. The predicted octanol–water partition coefficient (Wildman–Crippen LogP) is 3.40. The van der Waals surface area contributed by atoms with Crippen molar-refractivity contribution in [2.24, 2.45) is 0 Å². The summed E-state index contributed by atoms with van der Waals surface area (Å²) in [6.45, 7) is 0.560. The molecule has 2 rings (SSSR count). The third kappa shape index (κ3) is 5.06. The van der Waals surface area contributed by atoms with Crippen molar-refractivity contribution < 1.29 is 4.79 Å². The van der Waals surface area contributed by atoms with Crippen molar-refractivity contribution in [3.8, 4) is 0 Å². The topological polar surface area (TPSA) is 57.8 Å². The van der Waals surface area contributed by atoms with Crippen molar-refractivity contribution in [2.75, 3.05) is 6.54 Å². The number of carbonyl (C=O) groups is 1. The number of aryl methyl sites for hydroxylation is 1. The van der Waals surface area contributed by atoms with Crippen LogP contribution in [-0.4, -0.2) is 22.6 Å². The number of hydrogen-bond acceptors (Lipinski definition) is 2. The molecule has 0 atom stereocenters. The van der Waals surface area contributed by atoms with Crippen LogP contribution in [0.4, 0.5) is 0 Å². The Balaban J connectivity index is 1.66. The first kappa shape index (κ1) is 15.9. The number of H-pyrrole nitrogens is 1. The van der Waals surface area contributed by atoms with Crippen LogP contribution in [0.15, 0.2) is 30.6 Å². The van der Waals surface area contributed by atoms with Gasteiger partial charge in [-0.15, -0.1) is 0 Å². The first-order valence-electron chi connectivity index (χ1n) is 6.84. The molecule has 0 aliphatic rings. The molecular weight excluding hydrogens is 309 g/mol. The SMILES string of the molecule is O=C(CCCc1cn[nH]c1)NCCc1cccc(Cl)c1Cl. The lowest BCUT2D eigenvalue weighted by Crippen LogP contribution is -2.25. The normalized spacial score (nSPS) is 10.6.